The number of hydrogen-bond donors (Lipinski definition) is 7. The number of esters is 2. The summed E-state index contributed by atoms with van der Waals surface area (Å²) in [6.07, 6.45) is 0.961. The maximum Gasteiger partial charge on any atom is 0.306 e. The normalized spacial score (nSPS) is 30.4. The highest BCUT2D eigenvalue weighted by Crippen LogP contribution is 2.26. The van der Waals surface area contributed by atoms with Gasteiger partial charge in [-0.1, -0.05) is 70.9 Å². The summed E-state index contributed by atoms with van der Waals surface area (Å²) in [7, 11) is 0. The van der Waals surface area contributed by atoms with Crippen LogP contribution in [0.3, 0.4) is 0 Å². The van der Waals surface area contributed by atoms with E-state index in [1.165, 1.54) is 19.3 Å². The number of allylic oxidation sites excluding steroid dienone is 2. The molecule has 0 amide bonds. The molecule has 0 aromatic rings. The van der Waals surface area contributed by atoms with Gasteiger partial charge in [-0.15, -0.1) is 0 Å². The lowest BCUT2D eigenvalue weighted by Gasteiger charge is -2.42. The Hall–Kier alpha value is -1.76. The van der Waals surface area contributed by atoms with Gasteiger partial charge in [0.2, 0.25) is 0 Å². The minimum atomic E-state index is -1.76. The van der Waals surface area contributed by atoms with Crippen LogP contribution >= 0.6 is 0 Å². The van der Waals surface area contributed by atoms with Gasteiger partial charge in [0.1, 0.15) is 55.4 Å². The van der Waals surface area contributed by atoms with E-state index in [1.54, 1.807) is 0 Å². The van der Waals surface area contributed by atoms with Crippen LogP contribution in [0.5, 0.6) is 0 Å². The van der Waals surface area contributed by atoms with Crippen LogP contribution < -0.4 is 0 Å². The molecule has 0 aliphatic carbocycles. The fourth-order valence-corrected chi connectivity index (χ4v) is 5.74. The zero-order chi connectivity index (χ0) is 37.6. The first kappa shape index (κ1) is 45.4. The van der Waals surface area contributed by atoms with Crippen LogP contribution in [0.2, 0.25) is 0 Å². The number of unbranched alkanes of at least 4 members (excludes halogenated alkanes) is 10. The number of hydrogen-bond acceptors (Lipinski definition) is 15. The van der Waals surface area contributed by atoms with Gasteiger partial charge in [-0.05, 0) is 38.5 Å². The Morgan fingerprint density at radius 1 is 0.608 bits per heavy atom. The smallest absolute Gasteiger partial charge is 0.306 e. The van der Waals surface area contributed by atoms with E-state index in [0.29, 0.717) is 12.8 Å². The molecular formula is C36H64O15. The second kappa shape index (κ2) is 26.1. The summed E-state index contributed by atoms with van der Waals surface area (Å²) in [5.41, 5.74) is 0. The van der Waals surface area contributed by atoms with E-state index in [2.05, 4.69) is 19.1 Å². The summed E-state index contributed by atoms with van der Waals surface area (Å²) in [5, 5.41) is 71.2. The van der Waals surface area contributed by atoms with Crippen molar-refractivity contribution in [3.8, 4) is 0 Å². The van der Waals surface area contributed by atoms with Crippen LogP contribution in [-0.2, 0) is 38.0 Å². The first-order valence-corrected chi connectivity index (χ1v) is 18.8. The van der Waals surface area contributed by atoms with Gasteiger partial charge in [0.25, 0.3) is 0 Å². The quantitative estimate of drug-likeness (QED) is 0.0379. The van der Waals surface area contributed by atoms with E-state index in [-0.39, 0.29) is 26.1 Å². The molecule has 51 heavy (non-hydrogen) atoms. The molecule has 11 unspecified atom stereocenters. The minimum Gasteiger partial charge on any atom is -0.462 e. The van der Waals surface area contributed by atoms with E-state index in [0.717, 1.165) is 51.4 Å². The third kappa shape index (κ3) is 16.8. The molecule has 0 aromatic heterocycles. The van der Waals surface area contributed by atoms with Crippen LogP contribution in [0.25, 0.3) is 0 Å². The van der Waals surface area contributed by atoms with Crippen LogP contribution in [0, 0.1) is 0 Å². The summed E-state index contributed by atoms with van der Waals surface area (Å²) in [6, 6.07) is 0. The zero-order valence-corrected chi connectivity index (χ0v) is 30.3. The standard InChI is InChI=1S/C36H64O15/c1-3-5-7-8-9-10-11-12-13-14-15-17-19-28(39)49-24(21-46-27(38)18-16-6-4-2)22-47-35-34(45)32(43)30(41)26(51-35)23-48-36-33(44)31(42)29(40)25(20-37)50-36/h9-10,24-26,29-37,40-45H,3-8,11-23H2,1-2H3/b10-9-. The van der Waals surface area contributed by atoms with Crippen LogP contribution in [0.1, 0.15) is 110 Å². The summed E-state index contributed by atoms with van der Waals surface area (Å²) in [6.45, 7) is 2.31. The molecule has 7 N–H and O–H groups in total. The number of ether oxygens (including phenoxy) is 6. The topological polar surface area (TPSA) is 231 Å². The molecule has 0 bridgehead atoms. The lowest BCUT2D eigenvalue weighted by atomic mass is 9.98. The first-order valence-electron chi connectivity index (χ1n) is 18.8. The average molecular weight is 737 g/mol. The maximum absolute atomic E-state index is 12.7. The molecule has 0 aromatic carbocycles. The SMILES string of the molecule is CCCCC/C=C\CCCCCCCC(=O)OC(COC(=O)CCCCC)COC1OC(COC2OC(CO)C(O)C(O)C2O)C(O)C(O)C1O. The number of aliphatic hydroxyl groups excluding tert-OH is 7. The first-order chi connectivity index (χ1) is 24.5. The highest BCUT2D eigenvalue weighted by atomic mass is 16.7. The van der Waals surface area contributed by atoms with Crippen molar-refractivity contribution in [3.05, 3.63) is 12.2 Å². The van der Waals surface area contributed by atoms with E-state index in [9.17, 15) is 45.3 Å². The molecule has 0 saturated carbocycles. The summed E-state index contributed by atoms with van der Waals surface area (Å²) in [4.78, 5) is 25.0. The highest BCUT2D eigenvalue weighted by Gasteiger charge is 2.47. The Morgan fingerprint density at radius 2 is 1.12 bits per heavy atom. The minimum absolute atomic E-state index is 0.156. The average Bonchev–Trinajstić information content (AvgIpc) is 3.12. The summed E-state index contributed by atoms with van der Waals surface area (Å²) < 4.78 is 33.0. The monoisotopic (exact) mass is 736 g/mol. The van der Waals surface area contributed by atoms with E-state index < -0.39 is 92.7 Å². The molecule has 0 spiro atoms. The van der Waals surface area contributed by atoms with Crippen molar-refractivity contribution in [1.29, 1.82) is 0 Å². The molecule has 298 valence electrons. The molecule has 2 heterocycles. The molecule has 2 rings (SSSR count). The van der Waals surface area contributed by atoms with Crippen molar-refractivity contribution < 1.29 is 73.8 Å². The van der Waals surface area contributed by atoms with Gasteiger partial charge in [0.05, 0.1) is 19.8 Å². The fourth-order valence-electron chi connectivity index (χ4n) is 5.74. The van der Waals surface area contributed by atoms with E-state index in [1.807, 2.05) is 6.92 Å². The van der Waals surface area contributed by atoms with Crippen molar-refractivity contribution in [1.82, 2.24) is 0 Å². The third-order valence-electron chi connectivity index (χ3n) is 8.99. The summed E-state index contributed by atoms with van der Waals surface area (Å²) in [5.74, 6) is -0.967. The van der Waals surface area contributed by atoms with Crippen molar-refractivity contribution in [3.63, 3.8) is 0 Å². The predicted molar refractivity (Wildman–Crippen MR) is 183 cm³/mol. The molecule has 2 aliphatic heterocycles. The van der Waals surface area contributed by atoms with E-state index in [4.69, 9.17) is 28.4 Å². The lowest BCUT2D eigenvalue weighted by Crippen LogP contribution is -2.61. The number of carbonyl (C=O) groups is 2. The van der Waals surface area contributed by atoms with Crippen molar-refractivity contribution in [2.45, 2.75) is 178 Å². The van der Waals surface area contributed by atoms with Crippen molar-refractivity contribution >= 4 is 11.9 Å². The van der Waals surface area contributed by atoms with Gasteiger partial charge in [-0.3, -0.25) is 9.59 Å². The second-order valence-corrected chi connectivity index (χ2v) is 13.4. The van der Waals surface area contributed by atoms with Crippen molar-refractivity contribution in [2.75, 3.05) is 26.4 Å². The number of aliphatic hydroxyl groups is 7. The molecule has 2 saturated heterocycles. The van der Waals surface area contributed by atoms with Gasteiger partial charge < -0.3 is 64.2 Å². The molecule has 2 fully saturated rings. The lowest BCUT2D eigenvalue weighted by molar-refractivity contribution is -0.332. The van der Waals surface area contributed by atoms with E-state index >= 15 is 0 Å². The van der Waals surface area contributed by atoms with Gasteiger partial charge in [-0.25, -0.2) is 0 Å². The Labute approximate surface area is 301 Å². The highest BCUT2D eigenvalue weighted by molar-refractivity contribution is 5.70. The number of carbonyl (C=O) groups excluding carboxylic acids is 2. The largest absolute Gasteiger partial charge is 0.462 e. The predicted octanol–water partition coefficient (Wildman–Crippen LogP) is 1.53. The fraction of sp³-hybridized carbons (Fsp3) is 0.889. The molecule has 15 heteroatoms. The second-order valence-electron chi connectivity index (χ2n) is 13.4. The third-order valence-corrected chi connectivity index (χ3v) is 8.99. The van der Waals surface area contributed by atoms with Crippen LogP contribution in [-0.4, -0.2) is 142 Å². The van der Waals surface area contributed by atoms with Gasteiger partial charge in [0, 0.05) is 12.8 Å². The molecule has 2 aliphatic rings. The zero-order valence-electron chi connectivity index (χ0n) is 30.3. The number of rotatable bonds is 26. The molecule has 11 atom stereocenters. The van der Waals surface area contributed by atoms with Crippen LogP contribution in [0.15, 0.2) is 12.2 Å². The maximum atomic E-state index is 12.7. The van der Waals surface area contributed by atoms with Crippen LogP contribution in [0.4, 0.5) is 0 Å². The Morgan fingerprint density at radius 3 is 1.76 bits per heavy atom. The molecular weight excluding hydrogens is 672 g/mol. The van der Waals surface area contributed by atoms with Gasteiger partial charge >= 0.3 is 11.9 Å². The Balaban J connectivity index is 1.88. The van der Waals surface area contributed by atoms with Gasteiger partial charge in [0.15, 0.2) is 18.7 Å². The van der Waals surface area contributed by atoms with Gasteiger partial charge in [-0.2, -0.15) is 0 Å². The Bertz CT molecular complexity index is 965. The molecule has 0 radical (unpaired) electrons. The molecule has 15 nitrogen and oxygen atoms in total. The summed E-state index contributed by atoms with van der Waals surface area (Å²) >= 11 is 0. The Kier molecular flexibility index (Phi) is 23.2. The van der Waals surface area contributed by atoms with Crippen molar-refractivity contribution in [2.24, 2.45) is 0 Å².